The molecule has 2 rings (SSSR count). The van der Waals surface area contributed by atoms with Gasteiger partial charge < -0.3 is 15.4 Å². The lowest BCUT2D eigenvalue weighted by Gasteiger charge is -2.12. The largest absolute Gasteiger partial charge is 0.462 e. The van der Waals surface area contributed by atoms with Crippen LogP contribution in [0.3, 0.4) is 0 Å². The Bertz CT molecular complexity index is 697. The third kappa shape index (κ3) is 6.37. The first-order valence-corrected chi connectivity index (χ1v) is 7.81. The molecule has 0 atom stereocenters. The molecule has 0 aliphatic heterocycles. The number of rotatable bonds is 6. The number of esters is 1. The van der Waals surface area contributed by atoms with Crippen molar-refractivity contribution in [2.75, 3.05) is 13.7 Å². The van der Waals surface area contributed by atoms with E-state index in [1.807, 2.05) is 29.9 Å². The number of carbonyl (C=O) groups excluding carboxylic acids is 1. The first-order chi connectivity index (χ1) is 11.6. The summed E-state index contributed by atoms with van der Waals surface area (Å²) in [5.74, 6) is 0.399. The molecule has 8 heteroatoms. The third-order valence-corrected chi connectivity index (χ3v) is 3.51. The molecule has 0 amide bonds. The van der Waals surface area contributed by atoms with Crippen molar-refractivity contribution in [3.8, 4) is 0 Å². The molecule has 0 radical (unpaired) electrons. The highest BCUT2D eigenvalue weighted by molar-refractivity contribution is 14.0. The van der Waals surface area contributed by atoms with E-state index in [1.165, 1.54) is 0 Å². The molecule has 2 N–H and O–H groups in total. The first kappa shape index (κ1) is 20.9. The molecule has 2 aromatic rings. The summed E-state index contributed by atoms with van der Waals surface area (Å²) in [5, 5.41) is 10.6. The van der Waals surface area contributed by atoms with Gasteiger partial charge in [-0.05, 0) is 30.7 Å². The van der Waals surface area contributed by atoms with Gasteiger partial charge in [-0.15, -0.1) is 24.0 Å². The number of hydrogen-bond donors (Lipinski definition) is 2. The van der Waals surface area contributed by atoms with Crippen LogP contribution in [0.2, 0.25) is 0 Å². The molecule has 0 unspecified atom stereocenters. The summed E-state index contributed by atoms with van der Waals surface area (Å²) >= 11 is 0. The first-order valence-electron chi connectivity index (χ1n) is 7.81. The standard InChI is InChI=1S/C17H23N5O2.HI/c1-4-24-16(23)14-7-5-13(6-8-14)11-19-17(18-2)20-12-15-9-10-21-22(15)3;/h5-10H,4,11-12H2,1-3H3,(H2,18,19,20);1H. The van der Waals surface area contributed by atoms with Gasteiger partial charge in [0.05, 0.1) is 24.4 Å². The number of nitrogens with zero attached hydrogens (tertiary/aromatic N) is 3. The van der Waals surface area contributed by atoms with Gasteiger partial charge in [0.15, 0.2) is 5.96 Å². The summed E-state index contributed by atoms with van der Waals surface area (Å²) in [6.45, 7) is 3.41. The van der Waals surface area contributed by atoms with E-state index < -0.39 is 0 Å². The van der Waals surface area contributed by atoms with E-state index >= 15 is 0 Å². The summed E-state index contributed by atoms with van der Waals surface area (Å²) in [6, 6.07) is 9.28. The van der Waals surface area contributed by atoms with Crippen LogP contribution in [0, 0.1) is 0 Å². The maximum atomic E-state index is 11.6. The van der Waals surface area contributed by atoms with Gasteiger partial charge in [0.1, 0.15) is 0 Å². The van der Waals surface area contributed by atoms with E-state index in [0.717, 1.165) is 11.3 Å². The minimum atomic E-state index is -0.300. The fourth-order valence-electron chi connectivity index (χ4n) is 2.13. The molecule has 0 bridgehead atoms. The average molecular weight is 457 g/mol. The van der Waals surface area contributed by atoms with Crippen LogP contribution in [0.25, 0.3) is 0 Å². The number of nitrogens with one attached hydrogen (secondary N) is 2. The van der Waals surface area contributed by atoms with E-state index in [9.17, 15) is 4.79 Å². The Balaban J connectivity index is 0.00000312. The van der Waals surface area contributed by atoms with Crippen LogP contribution in [0.1, 0.15) is 28.5 Å². The lowest BCUT2D eigenvalue weighted by Crippen LogP contribution is -2.36. The van der Waals surface area contributed by atoms with Crippen LogP contribution in [0.4, 0.5) is 0 Å². The maximum absolute atomic E-state index is 11.6. The Morgan fingerprint density at radius 3 is 2.44 bits per heavy atom. The Kier molecular flexibility index (Phi) is 8.96. The van der Waals surface area contributed by atoms with E-state index in [2.05, 4.69) is 20.7 Å². The summed E-state index contributed by atoms with van der Waals surface area (Å²) in [5.41, 5.74) is 2.67. The fourth-order valence-corrected chi connectivity index (χ4v) is 2.13. The van der Waals surface area contributed by atoms with Crippen LogP contribution in [-0.2, 0) is 24.9 Å². The number of aryl methyl sites for hydroxylation is 1. The average Bonchev–Trinajstić information content (AvgIpc) is 3.01. The molecule has 0 saturated heterocycles. The van der Waals surface area contributed by atoms with Gasteiger partial charge in [0.25, 0.3) is 0 Å². The molecule has 136 valence electrons. The molecule has 0 spiro atoms. The molecular weight excluding hydrogens is 433 g/mol. The third-order valence-electron chi connectivity index (χ3n) is 3.51. The normalized spacial score (nSPS) is 10.8. The molecular formula is C17H24IN5O2. The lowest BCUT2D eigenvalue weighted by atomic mass is 10.1. The van der Waals surface area contributed by atoms with Gasteiger partial charge >= 0.3 is 5.97 Å². The van der Waals surface area contributed by atoms with E-state index in [0.29, 0.717) is 31.2 Å². The van der Waals surface area contributed by atoms with Crippen LogP contribution >= 0.6 is 24.0 Å². The monoisotopic (exact) mass is 457 g/mol. The van der Waals surface area contributed by atoms with Gasteiger partial charge in [-0.3, -0.25) is 9.67 Å². The Morgan fingerprint density at radius 2 is 1.88 bits per heavy atom. The summed E-state index contributed by atoms with van der Waals surface area (Å²) in [7, 11) is 3.63. The second-order valence-electron chi connectivity index (χ2n) is 5.14. The quantitative estimate of drug-likeness (QED) is 0.301. The van der Waals surface area contributed by atoms with Gasteiger partial charge in [0.2, 0.25) is 0 Å². The molecule has 0 aliphatic carbocycles. The smallest absolute Gasteiger partial charge is 0.338 e. The molecule has 25 heavy (non-hydrogen) atoms. The lowest BCUT2D eigenvalue weighted by molar-refractivity contribution is 0.0526. The number of aromatic nitrogens is 2. The van der Waals surface area contributed by atoms with Crippen molar-refractivity contribution < 1.29 is 9.53 Å². The van der Waals surface area contributed by atoms with Crippen molar-refractivity contribution >= 4 is 35.9 Å². The second-order valence-corrected chi connectivity index (χ2v) is 5.14. The molecule has 0 fully saturated rings. The molecule has 1 aromatic heterocycles. The SMILES string of the molecule is CCOC(=O)c1ccc(CNC(=NC)NCc2ccnn2C)cc1.I. The minimum absolute atomic E-state index is 0. The van der Waals surface area contributed by atoms with E-state index in [1.54, 1.807) is 32.3 Å². The number of carbonyl (C=O) groups is 1. The maximum Gasteiger partial charge on any atom is 0.338 e. The van der Waals surface area contributed by atoms with Crippen LogP contribution in [0.5, 0.6) is 0 Å². The molecule has 7 nitrogen and oxygen atoms in total. The number of hydrogen-bond acceptors (Lipinski definition) is 4. The number of halogens is 1. The van der Waals surface area contributed by atoms with Crippen molar-refractivity contribution in [1.82, 2.24) is 20.4 Å². The Labute approximate surface area is 164 Å². The number of aliphatic imine (C=N–C) groups is 1. The second kappa shape index (κ2) is 10.7. The topological polar surface area (TPSA) is 80.5 Å². The zero-order valence-electron chi connectivity index (χ0n) is 14.7. The molecule has 1 heterocycles. The van der Waals surface area contributed by atoms with Gasteiger partial charge in [-0.25, -0.2) is 4.79 Å². The molecule has 1 aromatic carbocycles. The Hall–Kier alpha value is -2.10. The number of guanidine groups is 1. The van der Waals surface area contributed by atoms with Crippen LogP contribution in [-0.4, -0.2) is 35.4 Å². The predicted octanol–water partition coefficient (Wildman–Crippen LogP) is 2.08. The van der Waals surface area contributed by atoms with Crippen LogP contribution in [0.15, 0.2) is 41.5 Å². The van der Waals surface area contributed by atoms with Crippen molar-refractivity contribution in [2.24, 2.45) is 12.0 Å². The van der Waals surface area contributed by atoms with Crippen molar-refractivity contribution in [1.29, 1.82) is 0 Å². The van der Waals surface area contributed by atoms with Crippen LogP contribution < -0.4 is 10.6 Å². The minimum Gasteiger partial charge on any atom is -0.462 e. The highest BCUT2D eigenvalue weighted by Gasteiger charge is 2.06. The summed E-state index contributed by atoms with van der Waals surface area (Å²) in [6.07, 6.45) is 1.76. The Morgan fingerprint density at radius 1 is 1.20 bits per heavy atom. The van der Waals surface area contributed by atoms with Crippen molar-refractivity contribution in [3.05, 3.63) is 53.3 Å². The van der Waals surface area contributed by atoms with Gasteiger partial charge in [-0.2, -0.15) is 5.10 Å². The van der Waals surface area contributed by atoms with E-state index in [4.69, 9.17) is 4.74 Å². The summed E-state index contributed by atoms with van der Waals surface area (Å²) in [4.78, 5) is 15.8. The number of ether oxygens (including phenoxy) is 1. The van der Waals surface area contributed by atoms with E-state index in [-0.39, 0.29) is 29.9 Å². The predicted molar refractivity (Wildman–Crippen MR) is 108 cm³/mol. The fraction of sp³-hybridized carbons (Fsp3) is 0.353. The zero-order chi connectivity index (χ0) is 17.4. The van der Waals surface area contributed by atoms with Crippen molar-refractivity contribution in [3.63, 3.8) is 0 Å². The zero-order valence-corrected chi connectivity index (χ0v) is 17.0. The highest BCUT2D eigenvalue weighted by atomic mass is 127. The molecule has 0 saturated carbocycles. The highest BCUT2D eigenvalue weighted by Crippen LogP contribution is 2.06. The van der Waals surface area contributed by atoms with Crippen molar-refractivity contribution in [2.45, 2.75) is 20.0 Å². The number of benzene rings is 1. The van der Waals surface area contributed by atoms with Gasteiger partial charge in [0, 0.05) is 26.8 Å². The van der Waals surface area contributed by atoms with Gasteiger partial charge in [-0.1, -0.05) is 12.1 Å². The molecule has 0 aliphatic rings. The summed E-state index contributed by atoms with van der Waals surface area (Å²) < 4.78 is 6.78.